The second kappa shape index (κ2) is 9.66. The summed E-state index contributed by atoms with van der Waals surface area (Å²) in [6, 6.07) is 17.2. The summed E-state index contributed by atoms with van der Waals surface area (Å²) in [6.45, 7) is 2.37. The van der Waals surface area contributed by atoms with Crippen LogP contribution < -0.4 is 24.4 Å². The monoisotopic (exact) mass is 462 g/mol. The van der Waals surface area contributed by atoms with Gasteiger partial charge in [-0.3, -0.25) is 9.59 Å². The number of benzene rings is 3. The van der Waals surface area contributed by atoms with Crippen molar-refractivity contribution < 1.29 is 28.2 Å². The number of carbonyl (C=O) groups excluding carboxylic acids is 2. The van der Waals surface area contributed by atoms with Gasteiger partial charge in [0, 0.05) is 6.07 Å². The van der Waals surface area contributed by atoms with Crippen molar-refractivity contribution >= 4 is 28.8 Å². The SMILES string of the molecule is CCOc1ccc(C2=C(Nc3cc(OC)ccc3OC)C(=O)N(c3cccc(F)c3)C2=O)cc1. The zero-order valence-corrected chi connectivity index (χ0v) is 18.9. The predicted octanol–water partition coefficient (Wildman–Crippen LogP) is 4.64. The molecule has 4 rings (SSSR count). The molecule has 1 aliphatic rings. The highest BCUT2D eigenvalue weighted by Gasteiger charge is 2.40. The summed E-state index contributed by atoms with van der Waals surface area (Å²) < 4.78 is 30.1. The third-order valence-electron chi connectivity index (χ3n) is 5.27. The predicted molar refractivity (Wildman–Crippen MR) is 127 cm³/mol. The molecule has 0 aliphatic carbocycles. The van der Waals surface area contributed by atoms with Crippen molar-refractivity contribution in [3.05, 3.63) is 83.8 Å². The first-order chi connectivity index (χ1) is 16.5. The molecule has 3 aromatic rings. The van der Waals surface area contributed by atoms with Gasteiger partial charge in [-0.2, -0.15) is 0 Å². The van der Waals surface area contributed by atoms with Gasteiger partial charge in [0.1, 0.15) is 28.8 Å². The molecule has 0 saturated heterocycles. The average molecular weight is 462 g/mol. The molecule has 0 aromatic heterocycles. The molecule has 0 atom stereocenters. The maximum atomic E-state index is 13.9. The third kappa shape index (κ3) is 4.30. The van der Waals surface area contributed by atoms with Crippen LogP contribution in [0.15, 0.2) is 72.4 Å². The Bertz CT molecular complexity index is 1270. The Morgan fingerprint density at radius 2 is 1.62 bits per heavy atom. The molecule has 1 aliphatic heterocycles. The largest absolute Gasteiger partial charge is 0.497 e. The van der Waals surface area contributed by atoms with Crippen LogP contribution in [0.1, 0.15) is 12.5 Å². The highest BCUT2D eigenvalue weighted by molar-refractivity contribution is 6.46. The van der Waals surface area contributed by atoms with Gasteiger partial charge in [0.2, 0.25) is 0 Å². The van der Waals surface area contributed by atoms with Crippen LogP contribution in [0.5, 0.6) is 17.2 Å². The molecule has 1 N–H and O–H groups in total. The minimum absolute atomic E-state index is 0.0324. The number of halogens is 1. The average Bonchev–Trinajstić information content (AvgIpc) is 3.08. The van der Waals surface area contributed by atoms with Crippen LogP contribution in [0.2, 0.25) is 0 Å². The minimum atomic E-state index is -0.621. The topological polar surface area (TPSA) is 77.1 Å². The Morgan fingerprint density at radius 1 is 0.882 bits per heavy atom. The van der Waals surface area contributed by atoms with E-state index in [1.807, 2.05) is 6.92 Å². The van der Waals surface area contributed by atoms with Crippen LogP contribution in [0.3, 0.4) is 0 Å². The molecule has 0 fully saturated rings. The van der Waals surface area contributed by atoms with Crippen LogP contribution in [0.25, 0.3) is 5.57 Å². The maximum absolute atomic E-state index is 13.9. The van der Waals surface area contributed by atoms with E-state index in [1.165, 1.54) is 32.4 Å². The second-order valence-electron chi connectivity index (χ2n) is 7.32. The summed E-state index contributed by atoms with van der Waals surface area (Å²) in [5.74, 6) is -0.145. The zero-order valence-electron chi connectivity index (χ0n) is 18.9. The standard InChI is InChI=1S/C26H23FN2O5/c1-4-34-19-10-8-16(9-11-19)23-24(28-21-15-20(32-2)12-13-22(21)33-3)26(31)29(25(23)30)18-7-5-6-17(27)14-18/h5-15,28H,4H2,1-3H3. The number of hydrogen-bond donors (Lipinski definition) is 1. The molecular formula is C26H23FN2O5. The Labute approximate surface area is 196 Å². The summed E-state index contributed by atoms with van der Waals surface area (Å²) in [7, 11) is 3.02. The minimum Gasteiger partial charge on any atom is -0.497 e. The lowest BCUT2D eigenvalue weighted by molar-refractivity contribution is -0.120. The van der Waals surface area contributed by atoms with Crippen molar-refractivity contribution in [2.75, 3.05) is 31.0 Å². The Balaban J connectivity index is 1.83. The van der Waals surface area contributed by atoms with Gasteiger partial charge in [0.05, 0.1) is 37.8 Å². The molecule has 8 heteroatoms. The maximum Gasteiger partial charge on any atom is 0.282 e. The summed E-state index contributed by atoms with van der Waals surface area (Å²) in [6.07, 6.45) is 0. The van der Waals surface area contributed by atoms with E-state index in [4.69, 9.17) is 14.2 Å². The van der Waals surface area contributed by atoms with E-state index in [0.717, 1.165) is 11.0 Å². The van der Waals surface area contributed by atoms with Gasteiger partial charge in [0.25, 0.3) is 11.8 Å². The number of carbonyl (C=O) groups is 2. The number of hydrogen-bond acceptors (Lipinski definition) is 6. The number of anilines is 2. The van der Waals surface area contributed by atoms with Gasteiger partial charge in [-0.25, -0.2) is 9.29 Å². The van der Waals surface area contributed by atoms with Crippen LogP contribution in [-0.2, 0) is 9.59 Å². The zero-order chi connectivity index (χ0) is 24.2. The lowest BCUT2D eigenvalue weighted by Crippen LogP contribution is -2.32. The van der Waals surface area contributed by atoms with Gasteiger partial charge in [-0.05, 0) is 55.0 Å². The molecule has 3 aromatic carbocycles. The van der Waals surface area contributed by atoms with E-state index in [1.54, 1.807) is 42.5 Å². The molecule has 0 radical (unpaired) electrons. The molecule has 0 saturated carbocycles. The van der Waals surface area contributed by atoms with Gasteiger partial charge in [-0.15, -0.1) is 0 Å². The van der Waals surface area contributed by atoms with Gasteiger partial charge < -0.3 is 19.5 Å². The van der Waals surface area contributed by atoms with Crippen molar-refractivity contribution in [2.45, 2.75) is 6.92 Å². The molecule has 34 heavy (non-hydrogen) atoms. The normalized spacial score (nSPS) is 13.4. The number of nitrogens with zero attached hydrogens (tertiary/aromatic N) is 1. The van der Waals surface area contributed by atoms with Crippen LogP contribution in [0, 0.1) is 5.82 Å². The molecule has 1 heterocycles. The molecule has 0 bridgehead atoms. The molecular weight excluding hydrogens is 439 g/mol. The first-order valence-electron chi connectivity index (χ1n) is 10.6. The van der Waals surface area contributed by atoms with E-state index >= 15 is 0 Å². The molecule has 7 nitrogen and oxygen atoms in total. The fourth-order valence-corrected chi connectivity index (χ4v) is 3.69. The van der Waals surface area contributed by atoms with Crippen molar-refractivity contribution in [2.24, 2.45) is 0 Å². The number of imide groups is 1. The Morgan fingerprint density at radius 3 is 2.26 bits per heavy atom. The Hall–Kier alpha value is -4.33. The molecule has 0 unspecified atom stereocenters. The first kappa shape index (κ1) is 22.8. The van der Waals surface area contributed by atoms with Gasteiger partial charge in [-0.1, -0.05) is 18.2 Å². The summed E-state index contributed by atoms with van der Waals surface area (Å²) in [4.78, 5) is 28.0. The van der Waals surface area contributed by atoms with E-state index in [9.17, 15) is 14.0 Å². The second-order valence-corrected chi connectivity index (χ2v) is 7.32. The van der Waals surface area contributed by atoms with Crippen molar-refractivity contribution in [1.29, 1.82) is 0 Å². The van der Waals surface area contributed by atoms with Crippen molar-refractivity contribution in [3.63, 3.8) is 0 Å². The molecule has 0 spiro atoms. The van der Waals surface area contributed by atoms with Crippen molar-refractivity contribution in [3.8, 4) is 17.2 Å². The van der Waals surface area contributed by atoms with Crippen LogP contribution >= 0.6 is 0 Å². The number of ether oxygens (including phenoxy) is 3. The number of nitrogens with one attached hydrogen (secondary N) is 1. The van der Waals surface area contributed by atoms with Gasteiger partial charge in [0.15, 0.2) is 0 Å². The fourth-order valence-electron chi connectivity index (χ4n) is 3.69. The number of amides is 2. The molecule has 2 amide bonds. The van der Waals surface area contributed by atoms with E-state index in [2.05, 4.69) is 5.32 Å². The third-order valence-corrected chi connectivity index (χ3v) is 5.27. The number of methoxy groups -OCH3 is 2. The lowest BCUT2D eigenvalue weighted by Gasteiger charge is -2.16. The van der Waals surface area contributed by atoms with E-state index in [0.29, 0.717) is 35.1 Å². The van der Waals surface area contributed by atoms with E-state index in [-0.39, 0.29) is 17.0 Å². The first-order valence-corrected chi connectivity index (χ1v) is 10.6. The van der Waals surface area contributed by atoms with Crippen LogP contribution in [-0.4, -0.2) is 32.6 Å². The fraction of sp³-hybridized carbons (Fsp3) is 0.154. The number of rotatable bonds is 8. The lowest BCUT2D eigenvalue weighted by atomic mass is 10.0. The highest BCUT2D eigenvalue weighted by Crippen LogP contribution is 2.37. The van der Waals surface area contributed by atoms with Crippen molar-refractivity contribution in [1.82, 2.24) is 0 Å². The highest BCUT2D eigenvalue weighted by atomic mass is 19.1. The van der Waals surface area contributed by atoms with Crippen LogP contribution in [0.4, 0.5) is 15.8 Å². The Kier molecular flexibility index (Phi) is 6.49. The smallest absolute Gasteiger partial charge is 0.282 e. The molecule has 174 valence electrons. The quantitative estimate of drug-likeness (QED) is 0.492. The summed E-state index contributed by atoms with van der Waals surface area (Å²) in [5, 5.41) is 3.06. The summed E-state index contributed by atoms with van der Waals surface area (Å²) in [5.41, 5.74) is 1.24. The summed E-state index contributed by atoms with van der Waals surface area (Å²) >= 11 is 0. The van der Waals surface area contributed by atoms with E-state index < -0.39 is 17.6 Å². The van der Waals surface area contributed by atoms with Gasteiger partial charge >= 0.3 is 0 Å².